The van der Waals surface area contributed by atoms with Crippen LogP contribution in [0.25, 0.3) is 0 Å². The summed E-state index contributed by atoms with van der Waals surface area (Å²) in [7, 11) is 0. The Bertz CT molecular complexity index is 534. The summed E-state index contributed by atoms with van der Waals surface area (Å²) >= 11 is 0. The lowest BCUT2D eigenvalue weighted by molar-refractivity contribution is -0.385. The molecular formula is C16H23N3O2. The van der Waals surface area contributed by atoms with Crippen LogP contribution in [-0.2, 0) is 0 Å². The van der Waals surface area contributed by atoms with E-state index >= 15 is 0 Å². The van der Waals surface area contributed by atoms with Crippen LogP contribution in [0.3, 0.4) is 0 Å². The van der Waals surface area contributed by atoms with Gasteiger partial charge in [0.2, 0.25) is 0 Å². The van der Waals surface area contributed by atoms with Crippen molar-refractivity contribution < 1.29 is 4.92 Å². The predicted octanol–water partition coefficient (Wildman–Crippen LogP) is 2.59. The average Bonchev–Trinajstić information content (AvgIpc) is 3.05. The molecule has 21 heavy (non-hydrogen) atoms. The number of nitro benzene ring substituents is 1. The molecule has 4 atom stereocenters. The monoisotopic (exact) mass is 289 g/mol. The fraction of sp³-hybridized carbons (Fsp3) is 0.625. The molecule has 1 aromatic carbocycles. The normalized spacial score (nSPS) is 30.3. The summed E-state index contributed by atoms with van der Waals surface area (Å²) in [5.41, 5.74) is 1.27. The second-order valence-corrected chi connectivity index (χ2v) is 6.30. The van der Waals surface area contributed by atoms with Crippen molar-refractivity contribution in [2.45, 2.75) is 32.4 Å². The first-order valence-electron chi connectivity index (χ1n) is 7.82. The molecule has 5 heteroatoms. The van der Waals surface area contributed by atoms with Crippen LogP contribution in [0.5, 0.6) is 0 Å². The van der Waals surface area contributed by atoms with E-state index in [9.17, 15) is 10.1 Å². The minimum atomic E-state index is -0.303. The molecule has 2 fully saturated rings. The first kappa shape index (κ1) is 14.5. The second-order valence-electron chi connectivity index (χ2n) is 6.30. The highest BCUT2D eigenvalue weighted by Gasteiger charge is 2.44. The van der Waals surface area contributed by atoms with Gasteiger partial charge in [0.05, 0.1) is 4.92 Å². The predicted molar refractivity (Wildman–Crippen MR) is 82.1 cm³/mol. The van der Waals surface area contributed by atoms with E-state index in [1.54, 1.807) is 18.2 Å². The molecule has 0 amide bonds. The number of rotatable bonds is 4. The third-order valence-electron chi connectivity index (χ3n) is 5.23. The summed E-state index contributed by atoms with van der Waals surface area (Å²) in [5.74, 6) is 1.45. The zero-order chi connectivity index (χ0) is 15.0. The maximum absolute atomic E-state index is 11.0. The molecule has 2 heterocycles. The number of hydrogen-bond acceptors (Lipinski definition) is 4. The van der Waals surface area contributed by atoms with Gasteiger partial charge in [-0.15, -0.1) is 0 Å². The highest BCUT2D eigenvalue weighted by atomic mass is 16.6. The summed E-state index contributed by atoms with van der Waals surface area (Å²) in [6, 6.07) is 7.97. The minimum Gasteiger partial charge on any atom is -0.316 e. The molecule has 0 saturated carbocycles. The summed E-state index contributed by atoms with van der Waals surface area (Å²) in [5, 5.41) is 14.5. The molecule has 2 aliphatic rings. The van der Waals surface area contributed by atoms with Gasteiger partial charge >= 0.3 is 0 Å². The summed E-state index contributed by atoms with van der Waals surface area (Å²) < 4.78 is 0. The van der Waals surface area contributed by atoms with E-state index in [0.29, 0.717) is 6.04 Å². The summed E-state index contributed by atoms with van der Waals surface area (Å²) in [6.07, 6.45) is 0.985. The van der Waals surface area contributed by atoms with Crippen LogP contribution in [0.2, 0.25) is 0 Å². The van der Waals surface area contributed by atoms with E-state index < -0.39 is 0 Å². The third-order valence-corrected chi connectivity index (χ3v) is 5.23. The van der Waals surface area contributed by atoms with Crippen LogP contribution < -0.4 is 5.32 Å². The Morgan fingerprint density at radius 1 is 1.48 bits per heavy atom. The third kappa shape index (κ3) is 2.56. The van der Waals surface area contributed by atoms with E-state index in [0.717, 1.165) is 43.5 Å². The van der Waals surface area contributed by atoms with Crippen LogP contribution in [0.4, 0.5) is 5.69 Å². The van der Waals surface area contributed by atoms with Crippen molar-refractivity contribution in [3.8, 4) is 0 Å². The van der Waals surface area contributed by atoms with Gasteiger partial charge < -0.3 is 5.32 Å². The minimum absolute atomic E-state index is 0.194. The van der Waals surface area contributed by atoms with Crippen molar-refractivity contribution in [3.63, 3.8) is 0 Å². The highest BCUT2D eigenvalue weighted by Crippen LogP contribution is 2.39. The topological polar surface area (TPSA) is 58.4 Å². The van der Waals surface area contributed by atoms with Crippen LogP contribution in [0.1, 0.15) is 31.9 Å². The molecule has 1 aromatic rings. The molecule has 0 aromatic heterocycles. The van der Waals surface area contributed by atoms with Gasteiger partial charge in [-0.2, -0.15) is 0 Å². The Kier molecular flexibility index (Phi) is 3.95. The van der Waals surface area contributed by atoms with Crippen LogP contribution >= 0.6 is 0 Å². The number of fused-ring (bicyclic) bond motifs is 1. The van der Waals surface area contributed by atoms with E-state index in [4.69, 9.17) is 0 Å². The van der Waals surface area contributed by atoms with E-state index in [2.05, 4.69) is 24.1 Å². The quantitative estimate of drug-likeness (QED) is 0.683. The lowest BCUT2D eigenvalue weighted by Gasteiger charge is -2.32. The van der Waals surface area contributed by atoms with Gasteiger partial charge in [0.1, 0.15) is 0 Å². The Morgan fingerprint density at radius 2 is 2.29 bits per heavy atom. The molecule has 0 radical (unpaired) electrons. The molecule has 0 bridgehead atoms. The molecule has 0 aliphatic carbocycles. The van der Waals surface area contributed by atoms with Crippen molar-refractivity contribution >= 4 is 5.69 Å². The Labute approximate surface area is 125 Å². The smallest absolute Gasteiger partial charge is 0.269 e. The lowest BCUT2D eigenvalue weighted by atomic mass is 9.95. The first-order chi connectivity index (χ1) is 10.1. The standard InChI is InChI=1S/C16H23N3O2/c1-3-16(12-5-4-6-14(7-12)19(20)21)18-10-13-8-17-9-15(13)11(18)2/h4-7,11,13,15-17H,3,8-10H2,1-2H3. The van der Waals surface area contributed by atoms with Crippen molar-refractivity contribution in [1.82, 2.24) is 10.2 Å². The number of likely N-dealkylation sites (tertiary alicyclic amines) is 1. The van der Waals surface area contributed by atoms with Crippen LogP contribution in [0.15, 0.2) is 24.3 Å². The van der Waals surface area contributed by atoms with Gasteiger partial charge in [-0.25, -0.2) is 0 Å². The second kappa shape index (κ2) is 5.73. The molecule has 2 aliphatic heterocycles. The van der Waals surface area contributed by atoms with Crippen LogP contribution in [0, 0.1) is 22.0 Å². The Balaban J connectivity index is 1.85. The zero-order valence-corrected chi connectivity index (χ0v) is 12.7. The Morgan fingerprint density at radius 3 is 2.95 bits per heavy atom. The summed E-state index contributed by atoms with van der Waals surface area (Å²) in [4.78, 5) is 13.2. The van der Waals surface area contributed by atoms with E-state index in [1.165, 1.54) is 0 Å². The van der Waals surface area contributed by atoms with Gasteiger partial charge in [-0.1, -0.05) is 19.1 Å². The maximum atomic E-state index is 11.0. The Hall–Kier alpha value is -1.46. The van der Waals surface area contributed by atoms with E-state index in [-0.39, 0.29) is 16.7 Å². The molecule has 2 saturated heterocycles. The molecule has 4 unspecified atom stereocenters. The fourth-order valence-corrected chi connectivity index (χ4v) is 4.12. The van der Waals surface area contributed by atoms with Gasteiger partial charge in [-0.05, 0) is 43.8 Å². The number of nitro groups is 1. The lowest BCUT2D eigenvalue weighted by Crippen LogP contribution is -2.36. The van der Waals surface area contributed by atoms with Crippen molar-refractivity contribution in [2.75, 3.05) is 19.6 Å². The molecule has 1 N–H and O–H groups in total. The molecule has 5 nitrogen and oxygen atoms in total. The van der Waals surface area contributed by atoms with Gasteiger partial charge in [-0.3, -0.25) is 15.0 Å². The molecule has 0 spiro atoms. The average molecular weight is 289 g/mol. The maximum Gasteiger partial charge on any atom is 0.269 e. The SMILES string of the molecule is CCC(c1cccc([N+](=O)[O-])c1)N1CC2CNCC2C1C. The molecule has 3 rings (SSSR count). The van der Waals surface area contributed by atoms with Gasteiger partial charge in [0.15, 0.2) is 0 Å². The number of benzene rings is 1. The molecular weight excluding hydrogens is 266 g/mol. The number of hydrogen-bond donors (Lipinski definition) is 1. The highest BCUT2D eigenvalue weighted by molar-refractivity contribution is 5.36. The fourth-order valence-electron chi connectivity index (χ4n) is 4.12. The van der Waals surface area contributed by atoms with Crippen molar-refractivity contribution in [3.05, 3.63) is 39.9 Å². The first-order valence-corrected chi connectivity index (χ1v) is 7.82. The molecule has 114 valence electrons. The number of nitrogens with zero attached hydrogens (tertiary/aromatic N) is 2. The zero-order valence-electron chi connectivity index (χ0n) is 12.7. The van der Waals surface area contributed by atoms with Gasteiger partial charge in [0.25, 0.3) is 5.69 Å². The van der Waals surface area contributed by atoms with Crippen molar-refractivity contribution in [2.24, 2.45) is 11.8 Å². The van der Waals surface area contributed by atoms with Crippen molar-refractivity contribution in [1.29, 1.82) is 0 Å². The van der Waals surface area contributed by atoms with E-state index in [1.807, 2.05) is 6.07 Å². The largest absolute Gasteiger partial charge is 0.316 e. The van der Waals surface area contributed by atoms with Crippen LogP contribution in [-0.4, -0.2) is 35.5 Å². The summed E-state index contributed by atoms with van der Waals surface area (Å²) in [6.45, 7) is 7.78. The number of nitrogens with one attached hydrogen (secondary N) is 1. The number of non-ortho nitro benzene ring substituents is 1. The van der Waals surface area contributed by atoms with Gasteiger partial charge in [0, 0.05) is 30.8 Å².